The lowest BCUT2D eigenvalue weighted by atomic mass is 10.1. The predicted molar refractivity (Wildman–Crippen MR) is 91.1 cm³/mol. The second-order valence-electron chi connectivity index (χ2n) is 5.65. The van der Waals surface area contributed by atoms with Crippen LogP contribution in [0.25, 0.3) is 10.8 Å². The van der Waals surface area contributed by atoms with Crippen molar-refractivity contribution < 1.29 is 27.4 Å². The lowest BCUT2D eigenvalue weighted by Gasteiger charge is -2.10. The van der Waals surface area contributed by atoms with Crippen LogP contribution in [0.3, 0.4) is 0 Å². The molecular weight excluding hydrogens is 345 g/mol. The number of alkyl halides is 3. The first-order valence-corrected chi connectivity index (χ1v) is 7.86. The number of esters is 1. The van der Waals surface area contributed by atoms with E-state index in [2.05, 4.69) is 4.74 Å². The van der Waals surface area contributed by atoms with Gasteiger partial charge in [0.25, 0.3) is 0 Å². The van der Waals surface area contributed by atoms with Crippen molar-refractivity contribution in [1.82, 2.24) is 0 Å². The van der Waals surface area contributed by atoms with Crippen LogP contribution < -0.4 is 4.74 Å². The molecule has 3 rings (SSSR count). The highest BCUT2D eigenvalue weighted by Gasteiger charge is 2.29. The fraction of sp³-hybridized carbons (Fsp3) is 0.150. The van der Waals surface area contributed by atoms with Crippen LogP contribution in [-0.4, -0.2) is 18.8 Å². The van der Waals surface area contributed by atoms with Crippen LogP contribution in [0.1, 0.15) is 15.9 Å². The number of carbonyl (C=O) groups is 1. The summed E-state index contributed by atoms with van der Waals surface area (Å²) in [4.78, 5) is 11.6. The van der Waals surface area contributed by atoms with Crippen molar-refractivity contribution in [1.29, 1.82) is 0 Å². The van der Waals surface area contributed by atoms with Crippen molar-refractivity contribution >= 4 is 16.7 Å². The van der Waals surface area contributed by atoms with Crippen LogP contribution in [0.2, 0.25) is 0 Å². The second kappa shape index (κ2) is 7.47. The third-order valence-electron chi connectivity index (χ3n) is 3.70. The number of hydrogen-bond acceptors (Lipinski definition) is 3. The van der Waals surface area contributed by atoms with Crippen LogP contribution in [0.4, 0.5) is 13.2 Å². The molecule has 0 heterocycles. The largest absolute Gasteiger partial charge is 0.488 e. The molecule has 0 unspecified atom stereocenters. The number of carbonyl (C=O) groups excluding carboxylic acids is 1. The van der Waals surface area contributed by atoms with Crippen molar-refractivity contribution in [3.8, 4) is 5.75 Å². The Morgan fingerprint density at radius 1 is 0.885 bits per heavy atom. The molecule has 0 bridgehead atoms. The molecule has 0 aliphatic carbocycles. The van der Waals surface area contributed by atoms with Gasteiger partial charge in [0.15, 0.2) is 6.61 Å². The summed E-state index contributed by atoms with van der Waals surface area (Å²) < 4.78 is 46.3. The van der Waals surface area contributed by atoms with E-state index in [9.17, 15) is 18.0 Å². The summed E-state index contributed by atoms with van der Waals surface area (Å²) in [5.74, 6) is -0.277. The maximum atomic E-state index is 12.1. The quantitative estimate of drug-likeness (QED) is 0.591. The predicted octanol–water partition coefficient (Wildman–Crippen LogP) is 5.14. The number of ether oxygens (including phenoxy) is 2. The minimum Gasteiger partial charge on any atom is -0.488 e. The van der Waals surface area contributed by atoms with Gasteiger partial charge in [-0.3, -0.25) is 0 Å². The average Bonchev–Trinajstić information content (AvgIpc) is 2.64. The lowest BCUT2D eigenvalue weighted by Crippen LogP contribution is -2.20. The highest BCUT2D eigenvalue weighted by Crippen LogP contribution is 2.26. The van der Waals surface area contributed by atoms with Gasteiger partial charge in [-0.05, 0) is 29.1 Å². The van der Waals surface area contributed by atoms with Gasteiger partial charge < -0.3 is 9.47 Å². The average molecular weight is 360 g/mol. The van der Waals surface area contributed by atoms with E-state index in [-0.39, 0.29) is 12.2 Å². The minimum atomic E-state index is -4.54. The molecule has 3 aromatic carbocycles. The molecule has 3 nitrogen and oxygen atoms in total. The van der Waals surface area contributed by atoms with Gasteiger partial charge in [-0.25, -0.2) is 4.79 Å². The second-order valence-corrected chi connectivity index (χ2v) is 5.65. The zero-order chi connectivity index (χ0) is 18.6. The number of hydrogen-bond donors (Lipinski definition) is 0. The van der Waals surface area contributed by atoms with E-state index < -0.39 is 18.8 Å². The molecule has 0 fully saturated rings. The summed E-state index contributed by atoms with van der Waals surface area (Å²) in [6, 6.07) is 19.7. The molecule has 26 heavy (non-hydrogen) atoms. The van der Waals surface area contributed by atoms with Crippen molar-refractivity contribution in [3.05, 3.63) is 77.9 Å². The van der Waals surface area contributed by atoms with E-state index in [0.29, 0.717) is 0 Å². The molecule has 0 aliphatic rings. The van der Waals surface area contributed by atoms with Crippen molar-refractivity contribution in [3.63, 3.8) is 0 Å². The molecule has 6 heteroatoms. The molecule has 0 amide bonds. The molecule has 0 radical (unpaired) electrons. The van der Waals surface area contributed by atoms with E-state index in [1.165, 1.54) is 12.1 Å². The van der Waals surface area contributed by atoms with Gasteiger partial charge in [-0.2, -0.15) is 13.2 Å². The zero-order valence-electron chi connectivity index (χ0n) is 13.6. The smallest absolute Gasteiger partial charge is 0.422 e. The highest BCUT2D eigenvalue weighted by atomic mass is 19.4. The fourth-order valence-electron chi connectivity index (χ4n) is 2.45. The van der Waals surface area contributed by atoms with Crippen molar-refractivity contribution in [2.75, 3.05) is 6.61 Å². The molecule has 0 aromatic heterocycles. The molecule has 134 valence electrons. The van der Waals surface area contributed by atoms with Crippen molar-refractivity contribution in [2.45, 2.75) is 12.8 Å². The Morgan fingerprint density at radius 3 is 2.31 bits per heavy atom. The van der Waals surface area contributed by atoms with Gasteiger partial charge >= 0.3 is 12.1 Å². The summed E-state index contributed by atoms with van der Waals surface area (Å²) in [6.45, 7) is -1.33. The molecular formula is C20H15F3O3. The van der Waals surface area contributed by atoms with Crippen LogP contribution in [-0.2, 0) is 11.3 Å². The summed E-state index contributed by atoms with van der Waals surface area (Å²) in [6.07, 6.45) is -4.54. The topological polar surface area (TPSA) is 35.5 Å². The third-order valence-corrected chi connectivity index (χ3v) is 3.70. The van der Waals surface area contributed by atoms with Gasteiger partial charge in [0.1, 0.15) is 12.4 Å². The van der Waals surface area contributed by atoms with Gasteiger partial charge in [0, 0.05) is 5.39 Å². The van der Waals surface area contributed by atoms with Crippen LogP contribution in [0.15, 0.2) is 66.7 Å². The standard InChI is InChI=1S/C20H15F3O3/c21-20(22,23)13-26-19(24)16-10-8-14(9-11-16)12-25-18-7-3-5-15-4-1-2-6-17(15)18/h1-11H,12-13H2. The number of benzene rings is 3. The van der Waals surface area contributed by atoms with Crippen LogP contribution in [0, 0.1) is 0 Å². The summed E-state index contributed by atoms with van der Waals surface area (Å²) >= 11 is 0. The van der Waals surface area contributed by atoms with Gasteiger partial charge in [-0.15, -0.1) is 0 Å². The van der Waals surface area contributed by atoms with Crippen LogP contribution in [0.5, 0.6) is 5.75 Å². The minimum absolute atomic E-state index is 0.0585. The van der Waals surface area contributed by atoms with E-state index in [0.717, 1.165) is 22.1 Å². The van der Waals surface area contributed by atoms with Crippen molar-refractivity contribution in [2.24, 2.45) is 0 Å². The van der Waals surface area contributed by atoms with Gasteiger partial charge in [0.05, 0.1) is 5.56 Å². The number of halogens is 3. The Balaban J connectivity index is 1.63. The molecule has 3 aromatic rings. The highest BCUT2D eigenvalue weighted by molar-refractivity contribution is 5.89. The van der Waals surface area contributed by atoms with Gasteiger partial charge in [0.2, 0.25) is 0 Å². The first-order valence-electron chi connectivity index (χ1n) is 7.86. The first kappa shape index (κ1) is 17.8. The Kier molecular flexibility index (Phi) is 5.11. The Labute approximate surface area is 148 Å². The van der Waals surface area contributed by atoms with E-state index >= 15 is 0 Å². The zero-order valence-corrected chi connectivity index (χ0v) is 13.6. The Morgan fingerprint density at radius 2 is 1.58 bits per heavy atom. The van der Waals surface area contributed by atoms with Crippen LogP contribution >= 0.6 is 0 Å². The number of rotatable bonds is 5. The van der Waals surface area contributed by atoms with Gasteiger partial charge in [-0.1, -0.05) is 48.5 Å². The molecule has 0 atom stereocenters. The van der Waals surface area contributed by atoms with E-state index in [4.69, 9.17) is 4.74 Å². The maximum absolute atomic E-state index is 12.1. The summed E-state index contributed by atoms with van der Waals surface area (Å²) in [5, 5.41) is 2.05. The SMILES string of the molecule is O=C(OCC(F)(F)F)c1ccc(COc2cccc3ccccc23)cc1. The monoisotopic (exact) mass is 360 g/mol. The first-order chi connectivity index (χ1) is 12.4. The Hall–Kier alpha value is -3.02. The lowest BCUT2D eigenvalue weighted by molar-refractivity contribution is -0.161. The molecule has 0 aliphatic heterocycles. The Bertz CT molecular complexity index is 897. The molecule has 0 saturated carbocycles. The normalized spacial score (nSPS) is 11.3. The number of fused-ring (bicyclic) bond motifs is 1. The summed E-state index contributed by atoms with van der Waals surface area (Å²) in [7, 11) is 0. The molecule has 0 saturated heterocycles. The van der Waals surface area contributed by atoms with E-state index in [1.807, 2.05) is 42.5 Å². The fourth-order valence-corrected chi connectivity index (χ4v) is 2.45. The molecule has 0 N–H and O–H groups in total. The van der Waals surface area contributed by atoms with E-state index in [1.54, 1.807) is 12.1 Å². The maximum Gasteiger partial charge on any atom is 0.422 e. The molecule has 0 spiro atoms. The third kappa shape index (κ3) is 4.53. The summed E-state index contributed by atoms with van der Waals surface area (Å²) in [5.41, 5.74) is 0.841.